The van der Waals surface area contributed by atoms with Gasteiger partial charge in [0, 0.05) is 24.1 Å². The number of hydrogen-bond acceptors (Lipinski definition) is 4. The third-order valence-electron chi connectivity index (χ3n) is 2.62. The first-order chi connectivity index (χ1) is 9.22. The van der Waals surface area contributed by atoms with E-state index in [2.05, 4.69) is 10.3 Å². The third-order valence-corrected chi connectivity index (χ3v) is 3.64. The van der Waals surface area contributed by atoms with Crippen LogP contribution in [0.15, 0.2) is 30.3 Å². The molecule has 1 N–H and O–H groups in total. The molecule has 4 nitrogen and oxygen atoms in total. The Labute approximate surface area is 116 Å². The van der Waals surface area contributed by atoms with Gasteiger partial charge in [-0.1, -0.05) is 30.3 Å². The Morgan fingerprint density at radius 2 is 2.11 bits per heavy atom. The van der Waals surface area contributed by atoms with Crippen molar-refractivity contribution in [1.82, 2.24) is 10.3 Å². The minimum absolute atomic E-state index is 0.145. The monoisotopic (exact) mass is 276 g/mol. The second kappa shape index (κ2) is 6.45. The summed E-state index contributed by atoms with van der Waals surface area (Å²) >= 11 is 1.53. The van der Waals surface area contributed by atoms with E-state index in [1.165, 1.54) is 11.3 Å². The fourth-order valence-electron chi connectivity index (χ4n) is 1.66. The zero-order valence-corrected chi connectivity index (χ0v) is 11.8. The number of methoxy groups -OCH3 is 1. The van der Waals surface area contributed by atoms with Gasteiger partial charge in [-0.3, -0.25) is 4.79 Å². The van der Waals surface area contributed by atoms with E-state index in [0.29, 0.717) is 18.8 Å². The number of carbonyl (C=O) groups is 1. The van der Waals surface area contributed by atoms with Crippen LogP contribution < -0.4 is 5.32 Å². The molecule has 0 aliphatic heterocycles. The van der Waals surface area contributed by atoms with E-state index >= 15 is 0 Å². The SMILES string of the molecule is COCCNC(=O)c1nc(-c2ccccc2)sc1C. The summed E-state index contributed by atoms with van der Waals surface area (Å²) in [4.78, 5) is 17.3. The van der Waals surface area contributed by atoms with Gasteiger partial charge in [0.1, 0.15) is 10.7 Å². The molecule has 0 saturated carbocycles. The number of thiazole rings is 1. The molecule has 5 heteroatoms. The van der Waals surface area contributed by atoms with Crippen molar-refractivity contribution in [1.29, 1.82) is 0 Å². The van der Waals surface area contributed by atoms with Gasteiger partial charge in [-0.25, -0.2) is 4.98 Å². The third kappa shape index (κ3) is 3.39. The van der Waals surface area contributed by atoms with Crippen LogP contribution in [0.3, 0.4) is 0 Å². The Balaban J connectivity index is 2.15. The maximum absolute atomic E-state index is 12.0. The maximum atomic E-state index is 12.0. The Morgan fingerprint density at radius 1 is 1.37 bits per heavy atom. The standard InChI is InChI=1S/C14H16N2O2S/c1-10-12(13(17)15-8-9-18-2)16-14(19-10)11-6-4-3-5-7-11/h3-7H,8-9H2,1-2H3,(H,15,17). The van der Waals surface area contributed by atoms with Crippen molar-refractivity contribution in [3.8, 4) is 10.6 Å². The number of benzene rings is 1. The van der Waals surface area contributed by atoms with Crippen LogP contribution in [0.1, 0.15) is 15.4 Å². The molecular formula is C14H16N2O2S. The number of hydrogen-bond donors (Lipinski definition) is 1. The molecule has 1 heterocycles. The summed E-state index contributed by atoms with van der Waals surface area (Å²) in [5.41, 5.74) is 1.53. The molecule has 0 bridgehead atoms. The number of carbonyl (C=O) groups excluding carboxylic acids is 1. The molecule has 100 valence electrons. The molecule has 0 aliphatic carbocycles. The average Bonchev–Trinajstić information content (AvgIpc) is 2.82. The van der Waals surface area contributed by atoms with Gasteiger partial charge in [0.25, 0.3) is 5.91 Å². The van der Waals surface area contributed by atoms with E-state index < -0.39 is 0 Å². The average molecular weight is 276 g/mol. The van der Waals surface area contributed by atoms with Crippen LogP contribution >= 0.6 is 11.3 Å². The van der Waals surface area contributed by atoms with E-state index in [1.807, 2.05) is 37.3 Å². The quantitative estimate of drug-likeness (QED) is 0.854. The van der Waals surface area contributed by atoms with Crippen molar-refractivity contribution in [2.45, 2.75) is 6.92 Å². The van der Waals surface area contributed by atoms with Gasteiger partial charge >= 0.3 is 0 Å². The van der Waals surface area contributed by atoms with Gasteiger partial charge in [0.05, 0.1) is 6.61 Å². The molecule has 0 fully saturated rings. The van der Waals surface area contributed by atoms with Gasteiger partial charge in [-0.05, 0) is 6.92 Å². The van der Waals surface area contributed by atoms with E-state index in [-0.39, 0.29) is 5.91 Å². The second-order valence-corrected chi connectivity index (χ2v) is 5.24. The molecule has 2 aromatic rings. The number of aryl methyl sites for hydroxylation is 1. The number of rotatable bonds is 5. The molecule has 2 rings (SSSR count). The molecule has 19 heavy (non-hydrogen) atoms. The summed E-state index contributed by atoms with van der Waals surface area (Å²) in [5, 5.41) is 3.66. The minimum Gasteiger partial charge on any atom is -0.383 e. The number of ether oxygens (including phenoxy) is 1. The molecule has 0 aliphatic rings. The van der Waals surface area contributed by atoms with E-state index in [9.17, 15) is 4.79 Å². The smallest absolute Gasteiger partial charge is 0.271 e. The Bertz CT molecular complexity index is 552. The second-order valence-electron chi connectivity index (χ2n) is 4.04. The van der Waals surface area contributed by atoms with E-state index in [1.54, 1.807) is 7.11 Å². The fraction of sp³-hybridized carbons (Fsp3) is 0.286. The summed E-state index contributed by atoms with van der Waals surface area (Å²) in [6.07, 6.45) is 0. The van der Waals surface area contributed by atoms with Gasteiger partial charge in [-0.2, -0.15) is 0 Å². The van der Waals surface area contributed by atoms with Crippen LogP contribution in [0.2, 0.25) is 0 Å². The predicted octanol–water partition coefficient (Wildman–Crippen LogP) is 2.49. The zero-order valence-electron chi connectivity index (χ0n) is 11.0. The number of nitrogens with one attached hydrogen (secondary N) is 1. The summed E-state index contributed by atoms with van der Waals surface area (Å²) in [6.45, 7) is 2.91. The number of amides is 1. The summed E-state index contributed by atoms with van der Waals surface area (Å²) < 4.78 is 4.90. The van der Waals surface area contributed by atoms with E-state index in [4.69, 9.17) is 4.74 Å². The topological polar surface area (TPSA) is 51.2 Å². The first-order valence-corrected chi connectivity index (χ1v) is 6.84. The van der Waals surface area contributed by atoms with Crippen LogP contribution in [-0.2, 0) is 4.74 Å². The predicted molar refractivity (Wildman–Crippen MR) is 76.5 cm³/mol. The number of nitrogens with zero attached hydrogens (tertiary/aromatic N) is 1. The van der Waals surface area contributed by atoms with Crippen molar-refractivity contribution < 1.29 is 9.53 Å². The highest BCUT2D eigenvalue weighted by Gasteiger charge is 2.15. The van der Waals surface area contributed by atoms with Crippen LogP contribution in [0.25, 0.3) is 10.6 Å². The lowest BCUT2D eigenvalue weighted by Gasteiger charge is -2.02. The molecule has 0 saturated heterocycles. The van der Waals surface area contributed by atoms with Crippen molar-refractivity contribution in [3.05, 3.63) is 40.9 Å². The highest BCUT2D eigenvalue weighted by molar-refractivity contribution is 7.15. The van der Waals surface area contributed by atoms with Crippen molar-refractivity contribution in [2.24, 2.45) is 0 Å². The van der Waals surface area contributed by atoms with Crippen LogP contribution in [0.5, 0.6) is 0 Å². The number of aromatic nitrogens is 1. The summed E-state index contributed by atoms with van der Waals surface area (Å²) in [6, 6.07) is 9.87. The largest absolute Gasteiger partial charge is 0.383 e. The molecule has 0 atom stereocenters. The van der Waals surface area contributed by atoms with Crippen molar-refractivity contribution in [3.63, 3.8) is 0 Å². The van der Waals surface area contributed by atoms with Crippen LogP contribution in [-0.4, -0.2) is 31.2 Å². The highest BCUT2D eigenvalue weighted by atomic mass is 32.1. The van der Waals surface area contributed by atoms with Gasteiger partial charge < -0.3 is 10.1 Å². The van der Waals surface area contributed by atoms with Crippen LogP contribution in [0.4, 0.5) is 0 Å². The first kappa shape index (κ1) is 13.7. The lowest BCUT2D eigenvalue weighted by Crippen LogP contribution is -2.27. The highest BCUT2D eigenvalue weighted by Crippen LogP contribution is 2.27. The summed E-state index contributed by atoms with van der Waals surface area (Å²) in [5.74, 6) is -0.145. The summed E-state index contributed by atoms with van der Waals surface area (Å²) in [7, 11) is 1.60. The molecule has 0 unspecified atom stereocenters. The molecule has 0 spiro atoms. The van der Waals surface area contributed by atoms with Crippen LogP contribution in [0, 0.1) is 6.92 Å². The molecule has 1 aromatic carbocycles. The van der Waals surface area contributed by atoms with Gasteiger partial charge in [-0.15, -0.1) is 11.3 Å². The Hall–Kier alpha value is -1.72. The molecular weight excluding hydrogens is 260 g/mol. The minimum atomic E-state index is -0.145. The molecule has 1 amide bonds. The fourth-order valence-corrected chi connectivity index (χ4v) is 2.58. The van der Waals surface area contributed by atoms with Gasteiger partial charge in [0.2, 0.25) is 0 Å². The van der Waals surface area contributed by atoms with Gasteiger partial charge in [0.15, 0.2) is 0 Å². The van der Waals surface area contributed by atoms with E-state index in [0.717, 1.165) is 15.4 Å². The maximum Gasteiger partial charge on any atom is 0.271 e. The molecule has 0 radical (unpaired) electrons. The normalized spacial score (nSPS) is 10.4. The van der Waals surface area contributed by atoms with Crippen molar-refractivity contribution >= 4 is 17.2 Å². The lowest BCUT2D eigenvalue weighted by atomic mass is 10.2. The Morgan fingerprint density at radius 3 is 2.79 bits per heavy atom. The Kier molecular flexibility index (Phi) is 4.65. The molecule has 1 aromatic heterocycles. The zero-order chi connectivity index (χ0) is 13.7. The first-order valence-electron chi connectivity index (χ1n) is 6.02. The van der Waals surface area contributed by atoms with Crippen molar-refractivity contribution in [2.75, 3.05) is 20.3 Å². The lowest BCUT2D eigenvalue weighted by molar-refractivity contribution is 0.0932.